The summed E-state index contributed by atoms with van der Waals surface area (Å²) < 4.78 is 0. The van der Waals surface area contributed by atoms with Gasteiger partial charge in [-0.15, -0.1) is 0 Å². The lowest BCUT2D eigenvalue weighted by molar-refractivity contribution is 0.115. The van der Waals surface area contributed by atoms with Crippen molar-refractivity contribution in [2.45, 2.75) is 40.0 Å². The molecule has 0 aromatic carbocycles. The summed E-state index contributed by atoms with van der Waals surface area (Å²) in [4.78, 5) is 0. The quantitative estimate of drug-likeness (QED) is 0.664. The lowest BCUT2D eigenvalue weighted by Crippen LogP contribution is -2.34. The molecule has 3 aliphatic rings. The first-order valence-electron chi connectivity index (χ1n) is 7.77. The molecule has 100 valence electrons. The van der Waals surface area contributed by atoms with Crippen molar-refractivity contribution < 1.29 is 0 Å². The highest BCUT2D eigenvalue weighted by atomic mass is 14.5. The third kappa shape index (κ3) is 2.56. The van der Waals surface area contributed by atoms with Crippen LogP contribution in [0.15, 0.2) is 24.3 Å². The number of rotatable bonds is 2. The molecule has 2 fully saturated rings. The highest BCUT2D eigenvalue weighted by Gasteiger charge is 2.44. The third-order valence-corrected chi connectivity index (χ3v) is 5.16. The minimum atomic E-state index is 0.492. The molecule has 3 rings (SSSR count). The van der Waals surface area contributed by atoms with E-state index >= 15 is 0 Å². The van der Waals surface area contributed by atoms with Crippen molar-refractivity contribution in [1.29, 1.82) is 0 Å². The Hall–Kier alpha value is -0.520. The average molecular weight is 252 g/mol. The Kier molecular flexibility index (Phi) is 3.87. The molecule has 0 aromatic rings. The first kappa shape index (κ1) is 13.5. The summed E-state index contributed by atoms with van der Waals surface area (Å²) >= 11 is 0. The van der Waals surface area contributed by atoms with Gasteiger partial charge in [0.2, 0.25) is 0 Å². The lowest BCUT2D eigenvalue weighted by atomic mass is 9.63. The summed E-state index contributed by atoms with van der Waals surface area (Å²) in [6, 6.07) is 0. The van der Waals surface area contributed by atoms with Crippen molar-refractivity contribution in [2.24, 2.45) is 29.6 Å². The number of hydrogen-bond acceptors (Lipinski definition) is 0. The highest BCUT2D eigenvalue weighted by molar-refractivity contribution is 5.54. The van der Waals surface area contributed by atoms with Crippen LogP contribution in [-0.2, 0) is 0 Å². The summed E-state index contributed by atoms with van der Waals surface area (Å²) in [5, 5.41) is 0. The Morgan fingerprint density at radius 3 is 2.74 bits per heavy atom. The van der Waals surface area contributed by atoms with Crippen molar-refractivity contribution in [1.82, 2.24) is 0 Å². The first-order chi connectivity index (χ1) is 9.16. The first-order valence-corrected chi connectivity index (χ1v) is 7.77. The fourth-order valence-electron chi connectivity index (χ4n) is 4.11. The van der Waals surface area contributed by atoms with Crippen molar-refractivity contribution in [3.05, 3.63) is 49.0 Å². The van der Waals surface area contributed by atoms with Gasteiger partial charge in [0, 0.05) is 18.3 Å². The molecule has 0 heteroatoms. The van der Waals surface area contributed by atoms with E-state index in [1.807, 2.05) is 0 Å². The van der Waals surface area contributed by atoms with E-state index in [-0.39, 0.29) is 0 Å². The maximum atomic E-state index is 3.55. The fraction of sp³-hybridized carbons (Fsp3) is 0.579. The highest BCUT2D eigenvalue weighted by Crippen LogP contribution is 2.52. The molecule has 4 atom stereocenters. The molecule has 2 saturated carbocycles. The third-order valence-electron chi connectivity index (χ3n) is 5.16. The molecular weight excluding hydrogens is 228 g/mol. The van der Waals surface area contributed by atoms with E-state index in [0.29, 0.717) is 5.92 Å². The Bertz CT molecular complexity index is 362. The molecule has 1 unspecified atom stereocenters. The zero-order valence-corrected chi connectivity index (χ0v) is 12.3. The van der Waals surface area contributed by atoms with Crippen LogP contribution in [0.25, 0.3) is 0 Å². The summed E-state index contributed by atoms with van der Waals surface area (Å²) in [5.41, 5.74) is 0. The molecule has 19 heavy (non-hydrogen) atoms. The molecule has 0 N–H and O–H groups in total. The summed E-state index contributed by atoms with van der Waals surface area (Å²) in [6.07, 6.45) is 19.8. The Morgan fingerprint density at radius 2 is 1.95 bits per heavy atom. The standard InChI is InChI=1S/C19H24/c1-13(2)16-10-8-14(3)12-19(16)18-11-9-15-6-4-5-7-17(15)18/h4-7,13-14,16,18-19H,8,10,12H2,1-3H3/t14-,16+,18-,19?/m1/s1. The SMILES string of the molecule is CC(C)[C@@H]1CC[C@@H](C)CC1[C@@H]1[C][C][C]2C=CC=C[C]21. The normalized spacial score (nSPS) is 40.0. The second kappa shape index (κ2) is 5.46. The molecule has 0 bridgehead atoms. The Labute approximate surface area is 119 Å². The number of fused-ring (bicyclic) bond motifs is 1. The number of hydrogen-bond donors (Lipinski definition) is 0. The zero-order valence-electron chi connectivity index (χ0n) is 12.3. The summed E-state index contributed by atoms with van der Waals surface area (Å²) in [6.45, 7) is 7.20. The van der Waals surface area contributed by atoms with Crippen LogP contribution in [-0.4, -0.2) is 0 Å². The van der Waals surface area contributed by atoms with Crippen LogP contribution in [0, 0.1) is 54.3 Å². The maximum Gasteiger partial charge on any atom is 0.0168 e. The second-order valence-corrected chi connectivity index (χ2v) is 6.82. The van der Waals surface area contributed by atoms with E-state index in [1.54, 1.807) is 0 Å². The predicted molar refractivity (Wildman–Crippen MR) is 79.6 cm³/mol. The Balaban J connectivity index is 1.78. The Morgan fingerprint density at radius 1 is 1.16 bits per heavy atom. The van der Waals surface area contributed by atoms with Gasteiger partial charge in [0.15, 0.2) is 0 Å². The van der Waals surface area contributed by atoms with Crippen LogP contribution < -0.4 is 0 Å². The van der Waals surface area contributed by atoms with E-state index in [2.05, 4.69) is 57.9 Å². The maximum absolute atomic E-state index is 3.55. The van der Waals surface area contributed by atoms with Crippen molar-refractivity contribution in [3.8, 4) is 0 Å². The van der Waals surface area contributed by atoms with Crippen LogP contribution in [0.2, 0.25) is 0 Å². The monoisotopic (exact) mass is 252 g/mol. The van der Waals surface area contributed by atoms with Crippen LogP contribution in [0.3, 0.4) is 0 Å². The largest absolute Gasteiger partial charge is 0.0762 e. The molecule has 6 radical (unpaired) electrons. The van der Waals surface area contributed by atoms with Gasteiger partial charge in [0.05, 0.1) is 0 Å². The van der Waals surface area contributed by atoms with Crippen LogP contribution in [0.4, 0.5) is 0 Å². The van der Waals surface area contributed by atoms with Crippen molar-refractivity contribution >= 4 is 0 Å². The lowest BCUT2D eigenvalue weighted by Gasteiger charge is -2.42. The van der Waals surface area contributed by atoms with E-state index in [4.69, 9.17) is 0 Å². The molecule has 0 saturated heterocycles. The van der Waals surface area contributed by atoms with E-state index in [1.165, 1.54) is 31.1 Å². The van der Waals surface area contributed by atoms with Gasteiger partial charge in [-0.25, -0.2) is 0 Å². The topological polar surface area (TPSA) is 0 Å². The van der Waals surface area contributed by atoms with Gasteiger partial charge in [-0.1, -0.05) is 51.5 Å². The molecule has 0 aliphatic heterocycles. The number of allylic oxidation sites excluding steroid dienone is 4. The zero-order chi connectivity index (χ0) is 13.4. The molecule has 3 aliphatic carbocycles. The van der Waals surface area contributed by atoms with Crippen molar-refractivity contribution in [3.63, 3.8) is 0 Å². The van der Waals surface area contributed by atoms with Crippen LogP contribution >= 0.6 is 0 Å². The second-order valence-electron chi connectivity index (χ2n) is 6.82. The summed E-state index contributed by atoms with van der Waals surface area (Å²) in [7, 11) is 0. The van der Waals surface area contributed by atoms with Gasteiger partial charge in [-0.05, 0) is 48.9 Å². The van der Waals surface area contributed by atoms with E-state index < -0.39 is 0 Å². The van der Waals surface area contributed by atoms with Gasteiger partial charge >= 0.3 is 0 Å². The minimum Gasteiger partial charge on any atom is -0.0762 e. The molecular formula is C19H24. The summed E-state index contributed by atoms with van der Waals surface area (Å²) in [5.74, 6) is 6.50. The van der Waals surface area contributed by atoms with Crippen molar-refractivity contribution in [2.75, 3.05) is 0 Å². The molecule has 0 amide bonds. The predicted octanol–water partition coefficient (Wildman–Crippen LogP) is 4.76. The average Bonchev–Trinajstić information content (AvgIpc) is 2.82. The molecule has 0 nitrogen and oxygen atoms in total. The minimum absolute atomic E-state index is 0.492. The smallest absolute Gasteiger partial charge is 0.0168 e. The van der Waals surface area contributed by atoms with Gasteiger partial charge in [0.1, 0.15) is 0 Å². The van der Waals surface area contributed by atoms with Gasteiger partial charge < -0.3 is 0 Å². The van der Waals surface area contributed by atoms with Gasteiger partial charge in [-0.3, -0.25) is 0 Å². The van der Waals surface area contributed by atoms with Gasteiger partial charge in [-0.2, -0.15) is 0 Å². The fourth-order valence-corrected chi connectivity index (χ4v) is 4.11. The molecule has 0 heterocycles. The van der Waals surface area contributed by atoms with Gasteiger partial charge in [0.25, 0.3) is 0 Å². The molecule has 0 spiro atoms. The van der Waals surface area contributed by atoms with E-state index in [0.717, 1.165) is 23.7 Å². The van der Waals surface area contributed by atoms with Crippen LogP contribution in [0.5, 0.6) is 0 Å². The molecule has 0 aromatic heterocycles. The van der Waals surface area contributed by atoms with Crippen LogP contribution in [0.1, 0.15) is 40.0 Å². The van der Waals surface area contributed by atoms with E-state index in [9.17, 15) is 0 Å².